The molecule has 2 rings (SSSR count). The average molecular weight is 251 g/mol. The second kappa shape index (κ2) is 4.81. The van der Waals surface area contributed by atoms with Gasteiger partial charge in [-0.05, 0) is 25.3 Å². The third-order valence-electron chi connectivity index (χ3n) is 3.54. The zero-order valence-electron chi connectivity index (χ0n) is 10.3. The number of nitrogen functional groups attached to an aromatic ring is 1. The first-order chi connectivity index (χ1) is 8.56. The van der Waals surface area contributed by atoms with Crippen LogP contribution in [0.5, 0.6) is 0 Å². The first-order valence-corrected chi connectivity index (χ1v) is 5.89. The fraction of sp³-hybridized carbons (Fsp3) is 0.500. The van der Waals surface area contributed by atoms with Gasteiger partial charge in [0.2, 0.25) is 0 Å². The smallest absolute Gasteiger partial charge is 0.271 e. The van der Waals surface area contributed by atoms with Crippen molar-refractivity contribution in [3.05, 3.63) is 28.3 Å². The predicted molar refractivity (Wildman–Crippen MR) is 69.6 cm³/mol. The molecule has 0 saturated heterocycles. The molecule has 0 aliphatic heterocycles. The predicted octanol–water partition coefficient (Wildman–Crippen LogP) is 2.16. The monoisotopic (exact) mass is 251 g/mol. The van der Waals surface area contributed by atoms with Gasteiger partial charge in [0.05, 0.1) is 21.9 Å². The maximum Gasteiger partial charge on any atom is 0.271 e. The molecule has 18 heavy (non-hydrogen) atoms. The molecule has 0 radical (unpaired) electrons. The largest absolute Gasteiger partial charge is 0.397 e. The lowest BCUT2D eigenvalue weighted by Gasteiger charge is -2.40. The number of nitrogens with zero attached hydrogens (tertiary/aromatic N) is 1. The van der Waals surface area contributed by atoms with E-state index in [1.165, 1.54) is 18.6 Å². The number of ether oxygens (including phenoxy) is 1. The molecule has 0 aromatic heterocycles. The molecular weight excluding hydrogens is 234 g/mol. The molecular formula is C12H17N3O3. The van der Waals surface area contributed by atoms with Gasteiger partial charge in [-0.25, -0.2) is 0 Å². The number of nitro groups is 1. The van der Waals surface area contributed by atoms with Crippen LogP contribution in [0.1, 0.15) is 19.3 Å². The standard InChI is InChI=1S/C12H17N3O3/c1-18-12(5-2-6-12)8-14-11-4-3-9(15(16)17)7-10(11)13/h3-4,7,14H,2,5-6,8,13H2,1H3. The van der Waals surface area contributed by atoms with Crippen molar-refractivity contribution in [3.8, 4) is 0 Å². The number of anilines is 2. The van der Waals surface area contributed by atoms with Gasteiger partial charge in [0.15, 0.2) is 0 Å². The molecule has 0 spiro atoms. The van der Waals surface area contributed by atoms with Gasteiger partial charge in [-0.15, -0.1) is 0 Å². The highest BCUT2D eigenvalue weighted by molar-refractivity contribution is 5.69. The molecule has 6 nitrogen and oxygen atoms in total. The van der Waals surface area contributed by atoms with Crippen molar-refractivity contribution in [2.45, 2.75) is 24.9 Å². The van der Waals surface area contributed by atoms with Crippen LogP contribution in [0.15, 0.2) is 18.2 Å². The minimum atomic E-state index is -0.456. The fourth-order valence-corrected chi connectivity index (χ4v) is 2.11. The minimum Gasteiger partial charge on any atom is -0.397 e. The van der Waals surface area contributed by atoms with E-state index in [0.29, 0.717) is 17.9 Å². The van der Waals surface area contributed by atoms with Crippen LogP contribution < -0.4 is 11.1 Å². The molecule has 0 atom stereocenters. The number of methoxy groups -OCH3 is 1. The number of nitrogens with one attached hydrogen (secondary N) is 1. The molecule has 1 fully saturated rings. The molecule has 6 heteroatoms. The first-order valence-electron chi connectivity index (χ1n) is 5.89. The van der Waals surface area contributed by atoms with Crippen LogP contribution in [0.2, 0.25) is 0 Å². The van der Waals surface area contributed by atoms with Crippen LogP contribution in [-0.4, -0.2) is 24.2 Å². The Labute approximate surface area is 105 Å². The zero-order chi connectivity index (χ0) is 13.2. The highest BCUT2D eigenvalue weighted by atomic mass is 16.6. The van der Waals surface area contributed by atoms with Crippen molar-refractivity contribution in [2.75, 3.05) is 24.7 Å². The Bertz CT molecular complexity index is 452. The first kappa shape index (κ1) is 12.6. The van der Waals surface area contributed by atoms with Crippen molar-refractivity contribution in [3.63, 3.8) is 0 Å². The van der Waals surface area contributed by atoms with Gasteiger partial charge in [-0.3, -0.25) is 10.1 Å². The summed E-state index contributed by atoms with van der Waals surface area (Å²) in [5.74, 6) is 0. The van der Waals surface area contributed by atoms with Crippen LogP contribution in [0.25, 0.3) is 0 Å². The van der Waals surface area contributed by atoms with E-state index in [0.717, 1.165) is 12.8 Å². The lowest BCUT2D eigenvalue weighted by molar-refractivity contribution is -0.384. The summed E-state index contributed by atoms with van der Waals surface area (Å²) < 4.78 is 5.49. The van der Waals surface area contributed by atoms with E-state index in [1.54, 1.807) is 13.2 Å². The van der Waals surface area contributed by atoms with Gasteiger partial charge < -0.3 is 15.8 Å². The van der Waals surface area contributed by atoms with Crippen molar-refractivity contribution in [2.24, 2.45) is 0 Å². The molecule has 98 valence electrons. The van der Waals surface area contributed by atoms with Gasteiger partial charge in [0.25, 0.3) is 5.69 Å². The summed E-state index contributed by atoms with van der Waals surface area (Å²) in [6.45, 7) is 0.672. The summed E-state index contributed by atoms with van der Waals surface area (Å²) in [5, 5.41) is 13.8. The topological polar surface area (TPSA) is 90.4 Å². The fourth-order valence-electron chi connectivity index (χ4n) is 2.11. The van der Waals surface area contributed by atoms with Crippen LogP contribution in [-0.2, 0) is 4.74 Å². The minimum absolute atomic E-state index is 0.00292. The molecule has 0 amide bonds. The van der Waals surface area contributed by atoms with Crippen molar-refractivity contribution in [1.29, 1.82) is 0 Å². The maximum atomic E-state index is 10.6. The van der Waals surface area contributed by atoms with E-state index in [1.807, 2.05) is 0 Å². The molecule has 1 aromatic carbocycles. The van der Waals surface area contributed by atoms with Crippen LogP contribution >= 0.6 is 0 Å². The van der Waals surface area contributed by atoms with E-state index < -0.39 is 4.92 Å². The van der Waals surface area contributed by atoms with Crippen molar-refractivity contribution < 1.29 is 9.66 Å². The van der Waals surface area contributed by atoms with E-state index in [2.05, 4.69) is 5.32 Å². The second-order valence-corrected chi connectivity index (χ2v) is 4.62. The summed E-state index contributed by atoms with van der Waals surface area (Å²) in [6.07, 6.45) is 3.23. The molecule has 1 aliphatic rings. The van der Waals surface area contributed by atoms with E-state index >= 15 is 0 Å². The molecule has 1 aliphatic carbocycles. The Balaban J connectivity index is 2.03. The number of hydrogen-bond donors (Lipinski definition) is 2. The Kier molecular flexibility index (Phi) is 3.38. The lowest BCUT2D eigenvalue weighted by Crippen LogP contribution is -2.45. The van der Waals surface area contributed by atoms with Crippen LogP contribution in [0.4, 0.5) is 17.1 Å². The van der Waals surface area contributed by atoms with Gasteiger partial charge in [-0.1, -0.05) is 0 Å². The molecule has 0 unspecified atom stereocenters. The Morgan fingerprint density at radius 1 is 1.56 bits per heavy atom. The number of nitrogens with two attached hydrogens (primary N) is 1. The average Bonchev–Trinajstić information content (AvgIpc) is 2.29. The summed E-state index contributed by atoms with van der Waals surface area (Å²) >= 11 is 0. The third kappa shape index (κ3) is 2.38. The molecule has 1 aromatic rings. The second-order valence-electron chi connectivity index (χ2n) is 4.62. The van der Waals surface area contributed by atoms with E-state index in [9.17, 15) is 10.1 Å². The van der Waals surface area contributed by atoms with Crippen molar-refractivity contribution in [1.82, 2.24) is 0 Å². The van der Waals surface area contributed by atoms with Crippen LogP contribution in [0, 0.1) is 10.1 Å². The highest BCUT2D eigenvalue weighted by Gasteiger charge is 2.36. The van der Waals surface area contributed by atoms with Gasteiger partial charge in [-0.2, -0.15) is 0 Å². The Morgan fingerprint density at radius 3 is 2.72 bits per heavy atom. The van der Waals surface area contributed by atoms with E-state index in [4.69, 9.17) is 10.5 Å². The quantitative estimate of drug-likeness (QED) is 0.475. The summed E-state index contributed by atoms with van der Waals surface area (Å²) in [7, 11) is 1.71. The zero-order valence-corrected chi connectivity index (χ0v) is 10.3. The van der Waals surface area contributed by atoms with Gasteiger partial charge >= 0.3 is 0 Å². The summed E-state index contributed by atoms with van der Waals surface area (Å²) in [4.78, 5) is 10.1. The lowest BCUT2D eigenvalue weighted by atomic mass is 9.80. The molecule has 1 saturated carbocycles. The molecule has 0 bridgehead atoms. The third-order valence-corrected chi connectivity index (χ3v) is 3.54. The number of non-ortho nitro benzene ring substituents is 1. The Morgan fingerprint density at radius 2 is 2.28 bits per heavy atom. The highest BCUT2D eigenvalue weighted by Crippen LogP contribution is 2.35. The summed E-state index contributed by atoms with van der Waals surface area (Å²) in [5.41, 5.74) is 6.78. The van der Waals surface area contributed by atoms with Crippen molar-refractivity contribution >= 4 is 17.1 Å². The number of benzene rings is 1. The number of rotatable bonds is 5. The summed E-state index contributed by atoms with van der Waals surface area (Å²) in [6, 6.07) is 4.44. The van der Waals surface area contributed by atoms with Gasteiger partial charge in [0, 0.05) is 25.8 Å². The maximum absolute atomic E-state index is 10.6. The molecule has 3 N–H and O–H groups in total. The Hall–Kier alpha value is -1.82. The normalized spacial score (nSPS) is 16.9. The number of nitro benzene ring substituents is 1. The SMILES string of the molecule is COC1(CNc2ccc([N+](=O)[O-])cc2N)CCC1. The molecule has 0 heterocycles. The van der Waals surface area contributed by atoms with E-state index in [-0.39, 0.29) is 11.3 Å². The van der Waals surface area contributed by atoms with Gasteiger partial charge in [0.1, 0.15) is 0 Å². The number of hydrogen-bond acceptors (Lipinski definition) is 5. The van der Waals surface area contributed by atoms with Crippen LogP contribution in [0.3, 0.4) is 0 Å².